The third-order valence-electron chi connectivity index (χ3n) is 2.47. The molecular weight excluding hydrogens is 310 g/mol. The average Bonchev–Trinajstić information content (AvgIpc) is 2.90. The smallest absolute Gasteiger partial charge is 0.259 e. The van der Waals surface area contributed by atoms with Gasteiger partial charge in [0.1, 0.15) is 0 Å². The van der Waals surface area contributed by atoms with Gasteiger partial charge in [0.05, 0.1) is 11.3 Å². The Balaban J connectivity index is 2.37. The van der Waals surface area contributed by atoms with E-state index in [2.05, 4.69) is 22.5 Å². The van der Waals surface area contributed by atoms with Gasteiger partial charge in [0.15, 0.2) is 0 Å². The van der Waals surface area contributed by atoms with E-state index < -0.39 is 0 Å². The van der Waals surface area contributed by atoms with Gasteiger partial charge in [-0.2, -0.15) is 11.3 Å². The summed E-state index contributed by atoms with van der Waals surface area (Å²) >= 11 is 4.99. The van der Waals surface area contributed by atoms with Crippen molar-refractivity contribution in [1.29, 1.82) is 0 Å². The van der Waals surface area contributed by atoms with E-state index in [1.165, 1.54) is 11.3 Å². The van der Waals surface area contributed by atoms with Crippen LogP contribution in [0.2, 0.25) is 0 Å². The molecule has 0 aliphatic heterocycles. The quantitative estimate of drug-likeness (QED) is 0.767. The lowest BCUT2D eigenvalue weighted by Crippen LogP contribution is -2.31. The van der Waals surface area contributed by atoms with Crippen LogP contribution in [0.25, 0.3) is 0 Å². The molecule has 4 heteroatoms. The number of hydrogen-bond donors (Lipinski definition) is 0. The first-order valence-electron chi connectivity index (χ1n) is 5.43. The number of thiophene rings is 1. The van der Waals surface area contributed by atoms with Gasteiger partial charge in [-0.3, -0.25) is 4.79 Å². The molecule has 2 nitrogen and oxygen atoms in total. The average molecular weight is 322 g/mol. The second-order valence-electron chi connectivity index (χ2n) is 3.67. The summed E-state index contributed by atoms with van der Waals surface area (Å²) in [5.74, 6) is -0.0111. The van der Waals surface area contributed by atoms with E-state index in [1.807, 2.05) is 41.1 Å². The predicted octanol–water partition coefficient (Wildman–Crippen LogP) is 4.34. The van der Waals surface area contributed by atoms with E-state index in [9.17, 15) is 4.79 Å². The molecule has 0 bridgehead atoms. The molecule has 0 aliphatic rings. The third-order valence-corrected chi connectivity index (χ3v) is 3.82. The molecule has 0 saturated heterocycles. The van der Waals surface area contributed by atoms with Gasteiger partial charge in [-0.05, 0) is 39.5 Å². The highest BCUT2D eigenvalue weighted by atomic mass is 79.9. The van der Waals surface area contributed by atoms with Crippen LogP contribution >= 0.6 is 27.3 Å². The molecule has 92 valence electrons. The van der Waals surface area contributed by atoms with Gasteiger partial charge in [-0.1, -0.05) is 18.2 Å². The molecule has 0 radical (unpaired) electrons. The fourth-order valence-corrected chi connectivity index (χ4v) is 2.76. The minimum Gasteiger partial charge on any atom is -0.303 e. The van der Waals surface area contributed by atoms with Crippen molar-refractivity contribution in [3.8, 4) is 0 Å². The van der Waals surface area contributed by atoms with Gasteiger partial charge >= 0.3 is 0 Å². The molecule has 0 spiro atoms. The van der Waals surface area contributed by atoms with Crippen LogP contribution in [0.5, 0.6) is 0 Å². The lowest BCUT2D eigenvalue weighted by atomic mass is 10.2. The van der Waals surface area contributed by atoms with E-state index in [-0.39, 0.29) is 5.91 Å². The van der Waals surface area contributed by atoms with Crippen molar-refractivity contribution in [2.45, 2.75) is 0 Å². The topological polar surface area (TPSA) is 20.3 Å². The van der Waals surface area contributed by atoms with Crippen molar-refractivity contribution in [3.63, 3.8) is 0 Å². The molecule has 0 N–H and O–H groups in total. The number of amides is 1. The molecule has 0 saturated carbocycles. The first-order chi connectivity index (χ1) is 8.74. The predicted molar refractivity (Wildman–Crippen MR) is 80.3 cm³/mol. The standard InChI is InChI=1S/C14H12BrNOS/c1-2-8-16(13-6-4-3-5-12(13)15)14(17)11-7-9-18-10-11/h2-7,9-10H,1,8H2. The number of para-hydroxylation sites is 1. The second-order valence-corrected chi connectivity index (χ2v) is 5.30. The summed E-state index contributed by atoms with van der Waals surface area (Å²) in [6.45, 7) is 4.20. The maximum absolute atomic E-state index is 12.4. The highest BCUT2D eigenvalue weighted by molar-refractivity contribution is 9.10. The van der Waals surface area contributed by atoms with Crippen LogP contribution in [-0.4, -0.2) is 12.5 Å². The Morgan fingerprint density at radius 3 is 2.78 bits per heavy atom. The Morgan fingerprint density at radius 1 is 1.39 bits per heavy atom. The van der Waals surface area contributed by atoms with E-state index in [0.29, 0.717) is 12.1 Å². The maximum atomic E-state index is 12.4. The van der Waals surface area contributed by atoms with Crippen LogP contribution in [-0.2, 0) is 0 Å². The molecule has 2 aromatic rings. The second kappa shape index (κ2) is 5.98. The van der Waals surface area contributed by atoms with Crippen molar-refractivity contribution in [2.75, 3.05) is 11.4 Å². The van der Waals surface area contributed by atoms with Crippen LogP contribution in [0.1, 0.15) is 10.4 Å². The highest BCUT2D eigenvalue weighted by Crippen LogP contribution is 2.27. The maximum Gasteiger partial charge on any atom is 0.259 e. The molecular formula is C14H12BrNOS. The zero-order chi connectivity index (χ0) is 13.0. The summed E-state index contributed by atoms with van der Waals surface area (Å²) in [6.07, 6.45) is 1.73. The minimum absolute atomic E-state index is 0.0111. The van der Waals surface area contributed by atoms with Crippen LogP contribution < -0.4 is 4.90 Å². The number of rotatable bonds is 4. The monoisotopic (exact) mass is 321 g/mol. The van der Waals surface area contributed by atoms with Crippen LogP contribution in [0.15, 0.2) is 58.2 Å². The Labute approximate surface area is 119 Å². The summed E-state index contributed by atoms with van der Waals surface area (Å²) in [6, 6.07) is 9.51. The Kier molecular flexibility index (Phi) is 4.33. The molecule has 1 aromatic carbocycles. The van der Waals surface area contributed by atoms with Gasteiger partial charge < -0.3 is 4.90 Å². The van der Waals surface area contributed by atoms with Crippen molar-refractivity contribution < 1.29 is 4.79 Å². The molecule has 0 aliphatic carbocycles. The lowest BCUT2D eigenvalue weighted by Gasteiger charge is -2.22. The van der Waals surface area contributed by atoms with E-state index in [0.717, 1.165) is 10.2 Å². The first-order valence-corrected chi connectivity index (χ1v) is 7.17. The molecule has 1 amide bonds. The molecule has 0 fully saturated rings. The fraction of sp³-hybridized carbons (Fsp3) is 0.0714. The Bertz CT molecular complexity index is 551. The van der Waals surface area contributed by atoms with Crippen LogP contribution in [0, 0.1) is 0 Å². The van der Waals surface area contributed by atoms with Gasteiger partial charge in [0, 0.05) is 16.4 Å². The van der Waals surface area contributed by atoms with Gasteiger partial charge in [0.2, 0.25) is 0 Å². The summed E-state index contributed by atoms with van der Waals surface area (Å²) in [4.78, 5) is 14.1. The molecule has 0 unspecified atom stereocenters. The molecule has 1 aromatic heterocycles. The van der Waals surface area contributed by atoms with Crippen LogP contribution in [0.3, 0.4) is 0 Å². The van der Waals surface area contributed by atoms with Gasteiger partial charge in [-0.15, -0.1) is 6.58 Å². The Morgan fingerprint density at radius 2 is 2.17 bits per heavy atom. The number of hydrogen-bond acceptors (Lipinski definition) is 2. The molecule has 18 heavy (non-hydrogen) atoms. The number of nitrogens with zero attached hydrogens (tertiary/aromatic N) is 1. The Hall–Kier alpha value is -1.39. The normalized spacial score (nSPS) is 10.1. The fourth-order valence-electron chi connectivity index (χ4n) is 1.63. The number of carbonyl (C=O) groups is 1. The van der Waals surface area contributed by atoms with Crippen molar-refractivity contribution in [3.05, 3.63) is 63.8 Å². The van der Waals surface area contributed by atoms with Gasteiger partial charge in [-0.25, -0.2) is 0 Å². The first kappa shape index (κ1) is 13.1. The number of carbonyl (C=O) groups excluding carboxylic acids is 1. The largest absolute Gasteiger partial charge is 0.303 e. The van der Waals surface area contributed by atoms with Crippen molar-refractivity contribution in [2.24, 2.45) is 0 Å². The summed E-state index contributed by atoms with van der Waals surface area (Å²) < 4.78 is 0.899. The lowest BCUT2D eigenvalue weighted by molar-refractivity contribution is 0.0990. The summed E-state index contributed by atoms with van der Waals surface area (Å²) in [5, 5.41) is 3.76. The zero-order valence-electron chi connectivity index (χ0n) is 9.67. The zero-order valence-corrected chi connectivity index (χ0v) is 12.1. The van der Waals surface area contributed by atoms with E-state index >= 15 is 0 Å². The number of anilines is 1. The molecule has 1 heterocycles. The van der Waals surface area contributed by atoms with Crippen molar-refractivity contribution in [1.82, 2.24) is 0 Å². The summed E-state index contributed by atoms with van der Waals surface area (Å²) in [7, 11) is 0. The molecule has 2 rings (SSSR count). The van der Waals surface area contributed by atoms with E-state index in [4.69, 9.17) is 0 Å². The van der Waals surface area contributed by atoms with E-state index in [1.54, 1.807) is 11.0 Å². The van der Waals surface area contributed by atoms with Crippen LogP contribution in [0.4, 0.5) is 5.69 Å². The SMILES string of the molecule is C=CCN(C(=O)c1ccsc1)c1ccccc1Br. The van der Waals surface area contributed by atoms with Gasteiger partial charge in [0.25, 0.3) is 5.91 Å². The number of halogens is 1. The summed E-state index contributed by atoms with van der Waals surface area (Å²) in [5.41, 5.74) is 1.56. The minimum atomic E-state index is -0.0111. The number of benzene rings is 1. The third kappa shape index (κ3) is 2.71. The van der Waals surface area contributed by atoms with Crippen molar-refractivity contribution >= 4 is 38.9 Å². The molecule has 0 atom stereocenters. The highest BCUT2D eigenvalue weighted by Gasteiger charge is 2.18.